The van der Waals surface area contributed by atoms with Crippen LogP contribution in [0.2, 0.25) is 0 Å². The number of pyridine rings is 1. The lowest BCUT2D eigenvalue weighted by molar-refractivity contribution is -0.123. The number of nitrogens with zero attached hydrogens (tertiary/aromatic N) is 2. The van der Waals surface area contributed by atoms with Crippen molar-refractivity contribution >= 4 is 12.0 Å². The summed E-state index contributed by atoms with van der Waals surface area (Å²) in [6, 6.07) is 5.60. The van der Waals surface area contributed by atoms with E-state index in [-0.39, 0.29) is 30.5 Å². The van der Waals surface area contributed by atoms with Gasteiger partial charge in [-0.25, -0.2) is 4.79 Å². The fourth-order valence-electron chi connectivity index (χ4n) is 3.03. The molecule has 2 heterocycles. The first-order valence-electron chi connectivity index (χ1n) is 7.91. The van der Waals surface area contributed by atoms with Gasteiger partial charge in [0.25, 0.3) is 0 Å². The van der Waals surface area contributed by atoms with E-state index < -0.39 is 6.09 Å². The Morgan fingerprint density at radius 1 is 1.48 bits per heavy atom. The molecule has 2 N–H and O–H groups in total. The van der Waals surface area contributed by atoms with Gasteiger partial charge in [0.2, 0.25) is 5.91 Å². The number of amides is 2. The molecule has 0 spiro atoms. The van der Waals surface area contributed by atoms with Crippen LogP contribution in [0.5, 0.6) is 0 Å². The molecule has 1 aliphatic carbocycles. The Hall–Kier alpha value is -2.15. The molecule has 0 bridgehead atoms. The summed E-state index contributed by atoms with van der Waals surface area (Å²) in [5, 5.41) is 12.5. The molecule has 0 radical (unpaired) electrons. The number of cyclic esters (lactones) is 1. The lowest BCUT2D eigenvalue weighted by Gasteiger charge is -2.38. The number of hydrogen-bond donors (Lipinski definition) is 2. The molecule has 1 saturated heterocycles. The number of rotatable bonds is 6. The van der Waals surface area contributed by atoms with Crippen molar-refractivity contribution in [3.05, 3.63) is 30.1 Å². The average molecular weight is 319 g/mol. The molecule has 124 valence electrons. The van der Waals surface area contributed by atoms with Gasteiger partial charge in [0.15, 0.2) is 0 Å². The fourth-order valence-corrected chi connectivity index (χ4v) is 3.03. The summed E-state index contributed by atoms with van der Waals surface area (Å²) in [6.07, 6.45) is 2.99. The quantitative estimate of drug-likeness (QED) is 0.788. The van der Waals surface area contributed by atoms with Crippen LogP contribution in [-0.2, 0) is 16.0 Å². The summed E-state index contributed by atoms with van der Waals surface area (Å²) in [6.45, 7) is 0.782. The third kappa shape index (κ3) is 3.98. The van der Waals surface area contributed by atoms with E-state index in [0.717, 1.165) is 5.69 Å². The van der Waals surface area contributed by atoms with E-state index in [2.05, 4.69) is 10.3 Å². The van der Waals surface area contributed by atoms with Crippen molar-refractivity contribution in [3.8, 4) is 0 Å². The Labute approximate surface area is 134 Å². The largest absolute Gasteiger partial charge is 0.448 e. The molecule has 7 nitrogen and oxygen atoms in total. The maximum atomic E-state index is 12.2. The van der Waals surface area contributed by atoms with Crippen LogP contribution in [0, 0.1) is 5.92 Å². The number of aliphatic hydroxyl groups is 1. The van der Waals surface area contributed by atoms with Crippen LogP contribution in [0.25, 0.3) is 0 Å². The van der Waals surface area contributed by atoms with Crippen molar-refractivity contribution in [3.63, 3.8) is 0 Å². The first kappa shape index (κ1) is 15.7. The molecule has 2 amide bonds. The molecule has 23 heavy (non-hydrogen) atoms. The van der Waals surface area contributed by atoms with E-state index in [1.54, 1.807) is 6.20 Å². The van der Waals surface area contributed by atoms with Crippen molar-refractivity contribution in [1.82, 2.24) is 15.2 Å². The smallest absolute Gasteiger partial charge is 0.410 e. The van der Waals surface area contributed by atoms with Crippen LogP contribution < -0.4 is 5.32 Å². The number of aromatic nitrogens is 1. The minimum atomic E-state index is -0.444. The van der Waals surface area contributed by atoms with Gasteiger partial charge in [-0.05, 0) is 30.9 Å². The first-order valence-corrected chi connectivity index (χ1v) is 7.91. The van der Waals surface area contributed by atoms with E-state index in [1.165, 1.54) is 4.90 Å². The van der Waals surface area contributed by atoms with E-state index >= 15 is 0 Å². The first-order chi connectivity index (χ1) is 11.1. The van der Waals surface area contributed by atoms with Crippen molar-refractivity contribution in [1.29, 1.82) is 0 Å². The van der Waals surface area contributed by atoms with E-state index in [1.807, 2.05) is 18.2 Å². The zero-order valence-corrected chi connectivity index (χ0v) is 12.9. The maximum absolute atomic E-state index is 12.2. The average Bonchev–Trinajstić information content (AvgIpc) is 2.89. The number of carbonyl (C=O) groups is 2. The molecular formula is C16H21N3O4. The van der Waals surface area contributed by atoms with Gasteiger partial charge < -0.3 is 15.2 Å². The third-order valence-corrected chi connectivity index (χ3v) is 4.40. The Kier molecular flexibility index (Phi) is 4.76. The van der Waals surface area contributed by atoms with Crippen molar-refractivity contribution in [2.24, 2.45) is 5.92 Å². The van der Waals surface area contributed by atoms with Crippen LogP contribution >= 0.6 is 0 Å². The van der Waals surface area contributed by atoms with Crippen molar-refractivity contribution in [2.45, 2.75) is 31.4 Å². The van der Waals surface area contributed by atoms with Gasteiger partial charge in [-0.3, -0.25) is 14.7 Å². The second-order valence-electron chi connectivity index (χ2n) is 6.12. The summed E-state index contributed by atoms with van der Waals surface area (Å²) >= 11 is 0. The molecule has 3 rings (SSSR count). The Morgan fingerprint density at radius 3 is 2.91 bits per heavy atom. The summed E-state index contributed by atoms with van der Waals surface area (Å²) in [5.41, 5.74) is 0.903. The van der Waals surface area contributed by atoms with Gasteiger partial charge in [0.05, 0.1) is 12.6 Å². The van der Waals surface area contributed by atoms with Crippen LogP contribution in [0.3, 0.4) is 0 Å². The molecule has 7 heteroatoms. The van der Waals surface area contributed by atoms with Crippen molar-refractivity contribution in [2.75, 3.05) is 19.7 Å². The minimum Gasteiger partial charge on any atom is -0.448 e. The maximum Gasteiger partial charge on any atom is 0.410 e. The zero-order chi connectivity index (χ0) is 16.2. The Morgan fingerprint density at radius 2 is 2.30 bits per heavy atom. The number of aliphatic hydroxyl groups excluding tert-OH is 1. The number of carbonyl (C=O) groups excluding carboxylic acids is 2. The molecule has 1 atom stereocenters. The number of hydrogen-bond acceptors (Lipinski definition) is 5. The lowest BCUT2D eigenvalue weighted by atomic mass is 9.76. The van der Waals surface area contributed by atoms with Crippen LogP contribution in [0.4, 0.5) is 4.79 Å². The molecule has 1 saturated carbocycles. The normalized spacial score (nSPS) is 24.7. The highest BCUT2D eigenvalue weighted by molar-refractivity contribution is 5.83. The highest BCUT2D eigenvalue weighted by Gasteiger charge is 2.35. The Bertz CT molecular complexity index is 560. The predicted octanol–water partition coefficient (Wildman–Crippen LogP) is 0.332. The summed E-state index contributed by atoms with van der Waals surface area (Å²) in [5.74, 6) is 0.0349. The third-order valence-electron chi connectivity index (χ3n) is 4.40. The van der Waals surface area contributed by atoms with Gasteiger partial charge in [0.1, 0.15) is 13.2 Å². The second-order valence-corrected chi connectivity index (χ2v) is 6.12. The predicted molar refractivity (Wildman–Crippen MR) is 81.5 cm³/mol. The number of nitrogens with one attached hydrogen (secondary N) is 1. The molecule has 1 aromatic rings. The molecule has 0 unspecified atom stereocenters. The SMILES string of the molecule is O=C(CN1CCOC1=O)N[C@@H](Cc1ccccn1)C1CC(O)C1. The molecular weight excluding hydrogens is 298 g/mol. The molecule has 1 aliphatic heterocycles. The highest BCUT2D eigenvalue weighted by Crippen LogP contribution is 2.31. The fraction of sp³-hybridized carbons (Fsp3) is 0.562. The van der Waals surface area contributed by atoms with Gasteiger partial charge in [-0.15, -0.1) is 0 Å². The summed E-state index contributed by atoms with van der Waals surface area (Å²) < 4.78 is 4.82. The number of ether oxygens (including phenoxy) is 1. The molecule has 0 aromatic carbocycles. The van der Waals surface area contributed by atoms with Crippen LogP contribution in [0.1, 0.15) is 18.5 Å². The van der Waals surface area contributed by atoms with Crippen molar-refractivity contribution < 1.29 is 19.4 Å². The molecule has 2 aliphatic rings. The van der Waals surface area contributed by atoms with Gasteiger partial charge in [-0.1, -0.05) is 6.07 Å². The zero-order valence-electron chi connectivity index (χ0n) is 12.9. The van der Waals surface area contributed by atoms with Gasteiger partial charge in [-0.2, -0.15) is 0 Å². The van der Waals surface area contributed by atoms with Crippen LogP contribution in [0.15, 0.2) is 24.4 Å². The topological polar surface area (TPSA) is 91.8 Å². The van der Waals surface area contributed by atoms with E-state index in [0.29, 0.717) is 32.4 Å². The van der Waals surface area contributed by atoms with Gasteiger partial charge in [0, 0.05) is 24.4 Å². The Balaban J connectivity index is 1.59. The van der Waals surface area contributed by atoms with Crippen LogP contribution in [-0.4, -0.2) is 58.8 Å². The minimum absolute atomic E-state index is 0.00677. The van der Waals surface area contributed by atoms with E-state index in [4.69, 9.17) is 4.74 Å². The van der Waals surface area contributed by atoms with E-state index in [9.17, 15) is 14.7 Å². The summed E-state index contributed by atoms with van der Waals surface area (Å²) in [4.78, 5) is 29.3. The lowest BCUT2D eigenvalue weighted by Crippen LogP contribution is -2.50. The molecule has 2 fully saturated rings. The summed E-state index contributed by atoms with van der Waals surface area (Å²) in [7, 11) is 0. The highest BCUT2D eigenvalue weighted by atomic mass is 16.6. The van der Waals surface area contributed by atoms with Gasteiger partial charge >= 0.3 is 6.09 Å². The standard InChI is InChI=1S/C16H21N3O4/c20-13-7-11(8-13)14(9-12-3-1-2-4-17-12)18-15(21)10-19-5-6-23-16(19)22/h1-4,11,13-14,20H,5-10H2,(H,18,21)/t11?,13?,14-/m0/s1. The second kappa shape index (κ2) is 6.95. The molecule has 1 aromatic heterocycles. The monoisotopic (exact) mass is 319 g/mol.